The first-order valence-corrected chi connectivity index (χ1v) is 11.1. The van der Waals surface area contributed by atoms with Crippen LogP contribution in [0.5, 0.6) is 5.75 Å². The van der Waals surface area contributed by atoms with E-state index in [0.717, 1.165) is 37.5 Å². The fourth-order valence-corrected chi connectivity index (χ4v) is 3.35. The first kappa shape index (κ1) is 24.8. The zero-order valence-corrected chi connectivity index (χ0v) is 19.5. The molecular weight excluding hydrogens is 356 g/mol. The van der Waals surface area contributed by atoms with Gasteiger partial charge < -0.3 is 10.5 Å². The molecule has 2 aromatic rings. The van der Waals surface area contributed by atoms with Crippen molar-refractivity contribution in [1.29, 1.82) is 0 Å². The first-order valence-electron chi connectivity index (χ1n) is 11.1. The number of rotatable bonds is 5. The van der Waals surface area contributed by atoms with Crippen molar-refractivity contribution >= 4 is 11.3 Å². The summed E-state index contributed by atoms with van der Waals surface area (Å²) in [4.78, 5) is 2.48. The van der Waals surface area contributed by atoms with Gasteiger partial charge in [-0.1, -0.05) is 64.1 Å². The Balaban J connectivity index is 0.000000989. The first-order chi connectivity index (χ1) is 14.0. The zero-order valence-electron chi connectivity index (χ0n) is 19.5. The summed E-state index contributed by atoms with van der Waals surface area (Å²) < 4.78 is 5.87. The van der Waals surface area contributed by atoms with Gasteiger partial charge in [0.15, 0.2) is 0 Å². The second-order valence-corrected chi connectivity index (χ2v) is 7.07. The quantitative estimate of drug-likeness (QED) is 0.571. The molecule has 0 amide bonds. The lowest BCUT2D eigenvalue weighted by Gasteiger charge is -2.27. The molecule has 0 atom stereocenters. The number of anilines is 1. The van der Waals surface area contributed by atoms with E-state index in [1.807, 2.05) is 47.6 Å². The highest BCUT2D eigenvalue weighted by molar-refractivity contribution is 5.73. The molecule has 0 spiro atoms. The minimum absolute atomic E-state index is 0.125. The van der Waals surface area contributed by atoms with Crippen molar-refractivity contribution in [3.8, 4) is 5.75 Å². The van der Waals surface area contributed by atoms with Crippen LogP contribution in [0, 0.1) is 6.92 Å². The van der Waals surface area contributed by atoms with Gasteiger partial charge in [-0.25, -0.2) is 0 Å². The van der Waals surface area contributed by atoms with E-state index in [9.17, 15) is 0 Å². The van der Waals surface area contributed by atoms with E-state index in [1.165, 1.54) is 22.3 Å². The van der Waals surface area contributed by atoms with Gasteiger partial charge in [0.2, 0.25) is 0 Å². The Kier molecular flexibility index (Phi) is 11.2. The monoisotopic (exact) mass is 396 g/mol. The molecule has 0 aliphatic carbocycles. The Labute approximate surface area is 178 Å². The van der Waals surface area contributed by atoms with Gasteiger partial charge in [-0.15, -0.1) is 0 Å². The van der Waals surface area contributed by atoms with E-state index in [4.69, 9.17) is 10.5 Å². The van der Waals surface area contributed by atoms with Gasteiger partial charge in [-0.3, -0.25) is 4.90 Å². The summed E-state index contributed by atoms with van der Waals surface area (Å²) in [7, 11) is 0. The molecule has 0 unspecified atom stereocenters. The fourth-order valence-electron chi connectivity index (χ4n) is 3.35. The van der Waals surface area contributed by atoms with E-state index in [0.29, 0.717) is 0 Å². The SMILES string of the molecule is CC.CC.Cc1cc(N)c(OC(C)C)cc1C1=CCN(Cc2ccccc2)CC1. The maximum atomic E-state index is 6.12. The molecular formula is C26H40N2O. The van der Waals surface area contributed by atoms with Crippen LogP contribution >= 0.6 is 0 Å². The predicted octanol–water partition coefficient (Wildman–Crippen LogP) is 6.71. The molecule has 29 heavy (non-hydrogen) atoms. The van der Waals surface area contributed by atoms with Crippen LogP contribution in [0.3, 0.4) is 0 Å². The van der Waals surface area contributed by atoms with Crippen LogP contribution in [0.1, 0.15) is 64.7 Å². The van der Waals surface area contributed by atoms with Gasteiger partial charge >= 0.3 is 0 Å². The van der Waals surface area contributed by atoms with Gasteiger partial charge in [0.05, 0.1) is 11.8 Å². The molecule has 3 heteroatoms. The van der Waals surface area contributed by atoms with Crippen molar-refractivity contribution in [3.05, 3.63) is 65.2 Å². The van der Waals surface area contributed by atoms with Crippen molar-refractivity contribution in [1.82, 2.24) is 4.90 Å². The molecule has 1 heterocycles. The largest absolute Gasteiger partial charge is 0.489 e. The molecule has 3 nitrogen and oxygen atoms in total. The molecule has 2 N–H and O–H groups in total. The summed E-state index contributed by atoms with van der Waals surface area (Å²) in [5.41, 5.74) is 12.1. The average Bonchev–Trinajstić information content (AvgIpc) is 2.74. The van der Waals surface area contributed by atoms with Crippen molar-refractivity contribution in [2.75, 3.05) is 18.8 Å². The highest BCUT2D eigenvalue weighted by atomic mass is 16.5. The summed E-state index contributed by atoms with van der Waals surface area (Å²) in [6.07, 6.45) is 3.53. The van der Waals surface area contributed by atoms with Crippen molar-refractivity contribution < 1.29 is 4.74 Å². The summed E-state index contributed by atoms with van der Waals surface area (Å²) >= 11 is 0. The van der Waals surface area contributed by atoms with Gasteiger partial charge in [0.25, 0.3) is 0 Å². The Morgan fingerprint density at radius 3 is 2.24 bits per heavy atom. The lowest BCUT2D eigenvalue weighted by atomic mass is 9.94. The predicted molar refractivity (Wildman–Crippen MR) is 128 cm³/mol. The van der Waals surface area contributed by atoms with Crippen LogP contribution < -0.4 is 10.5 Å². The molecule has 0 bridgehead atoms. The third kappa shape index (κ3) is 7.58. The highest BCUT2D eigenvalue weighted by Gasteiger charge is 2.16. The zero-order chi connectivity index (χ0) is 21.8. The van der Waals surface area contributed by atoms with Crippen molar-refractivity contribution in [3.63, 3.8) is 0 Å². The number of hydrogen-bond acceptors (Lipinski definition) is 3. The van der Waals surface area contributed by atoms with Crippen molar-refractivity contribution in [2.24, 2.45) is 0 Å². The Morgan fingerprint density at radius 1 is 1.03 bits per heavy atom. The molecule has 0 radical (unpaired) electrons. The Hall–Kier alpha value is -2.26. The maximum absolute atomic E-state index is 6.12. The Morgan fingerprint density at radius 2 is 1.69 bits per heavy atom. The van der Waals surface area contributed by atoms with E-state index in [2.05, 4.69) is 54.3 Å². The minimum Gasteiger partial charge on any atom is -0.489 e. The third-order valence-corrected chi connectivity index (χ3v) is 4.61. The number of hydrogen-bond donors (Lipinski definition) is 1. The van der Waals surface area contributed by atoms with Crippen LogP contribution in [-0.4, -0.2) is 24.1 Å². The number of nitrogens with zero attached hydrogens (tertiary/aromatic N) is 1. The van der Waals surface area contributed by atoms with Crippen molar-refractivity contribution in [2.45, 2.75) is 67.5 Å². The number of benzene rings is 2. The van der Waals surface area contributed by atoms with E-state index in [-0.39, 0.29) is 6.10 Å². The van der Waals surface area contributed by atoms with E-state index >= 15 is 0 Å². The molecule has 0 saturated carbocycles. The molecule has 160 valence electrons. The smallest absolute Gasteiger partial charge is 0.143 e. The summed E-state index contributed by atoms with van der Waals surface area (Å²) in [5, 5.41) is 0. The number of aryl methyl sites for hydroxylation is 1. The lowest BCUT2D eigenvalue weighted by Crippen LogP contribution is -2.28. The molecule has 0 fully saturated rings. The number of ether oxygens (including phenoxy) is 1. The summed E-state index contributed by atoms with van der Waals surface area (Å²) in [6, 6.07) is 14.8. The molecule has 0 aromatic heterocycles. The van der Waals surface area contributed by atoms with E-state index in [1.54, 1.807) is 0 Å². The fraction of sp³-hybridized carbons (Fsp3) is 0.462. The average molecular weight is 397 g/mol. The normalized spacial score (nSPS) is 13.6. The standard InChI is InChI=1S/C22H28N2O.2C2H6/c1-16(2)25-22-14-20(17(3)13-21(22)23)19-9-11-24(12-10-19)15-18-7-5-4-6-8-18;2*1-2/h4-9,13-14,16H,10-12,15,23H2,1-3H3;2*1-2H3. The Bertz CT molecular complexity index is 751. The summed E-state index contributed by atoms with van der Waals surface area (Å²) in [6.45, 7) is 17.2. The van der Waals surface area contributed by atoms with Crippen LogP contribution in [0.15, 0.2) is 48.5 Å². The third-order valence-electron chi connectivity index (χ3n) is 4.61. The molecule has 3 rings (SSSR count). The van der Waals surface area contributed by atoms with Gasteiger partial charge in [-0.2, -0.15) is 0 Å². The van der Waals surface area contributed by atoms with Crippen LogP contribution in [0.25, 0.3) is 5.57 Å². The topological polar surface area (TPSA) is 38.5 Å². The second-order valence-electron chi connectivity index (χ2n) is 7.07. The molecule has 0 saturated heterocycles. The van der Waals surface area contributed by atoms with Crippen LogP contribution in [0.4, 0.5) is 5.69 Å². The number of nitrogens with two attached hydrogens (primary N) is 1. The van der Waals surface area contributed by atoms with Gasteiger partial charge in [0, 0.05) is 19.6 Å². The van der Waals surface area contributed by atoms with Crippen LogP contribution in [-0.2, 0) is 6.54 Å². The minimum atomic E-state index is 0.125. The second kappa shape index (κ2) is 13.1. The van der Waals surface area contributed by atoms with E-state index < -0.39 is 0 Å². The molecule has 1 aliphatic rings. The molecule has 1 aliphatic heterocycles. The van der Waals surface area contributed by atoms with Gasteiger partial charge in [0.1, 0.15) is 5.75 Å². The maximum Gasteiger partial charge on any atom is 0.143 e. The van der Waals surface area contributed by atoms with Gasteiger partial charge in [-0.05, 0) is 61.6 Å². The molecule has 2 aromatic carbocycles. The lowest BCUT2D eigenvalue weighted by molar-refractivity contribution is 0.243. The summed E-state index contributed by atoms with van der Waals surface area (Å²) in [5.74, 6) is 0.795. The van der Waals surface area contributed by atoms with Crippen LogP contribution in [0.2, 0.25) is 0 Å². The highest BCUT2D eigenvalue weighted by Crippen LogP contribution is 2.33. The number of nitrogen functional groups attached to an aromatic ring is 1.